The first kappa shape index (κ1) is 25.7. The van der Waals surface area contributed by atoms with Gasteiger partial charge < -0.3 is 14.8 Å². The number of fused-ring (bicyclic) bond motifs is 1. The van der Waals surface area contributed by atoms with Crippen LogP contribution in [-0.4, -0.2) is 45.0 Å². The highest BCUT2D eigenvalue weighted by Gasteiger charge is 2.30. The highest BCUT2D eigenvalue weighted by Crippen LogP contribution is 2.36. The first-order chi connectivity index (χ1) is 18.3. The number of rotatable bonds is 10. The molecule has 1 fully saturated rings. The average Bonchev–Trinajstić information content (AvgIpc) is 3.67. The number of ether oxygens (including phenoxy) is 2. The summed E-state index contributed by atoms with van der Waals surface area (Å²) in [7, 11) is 1.85. The van der Waals surface area contributed by atoms with E-state index in [2.05, 4.69) is 25.1 Å². The minimum Gasteiger partial charge on any atom is -0.491 e. The van der Waals surface area contributed by atoms with Crippen LogP contribution in [0.4, 0.5) is 14.6 Å². The molecule has 0 aliphatic heterocycles. The van der Waals surface area contributed by atoms with Crippen molar-refractivity contribution < 1.29 is 23.0 Å². The molecular formula is C28H29F2N5O3. The van der Waals surface area contributed by atoms with E-state index in [1.165, 1.54) is 0 Å². The molecule has 2 aromatic carbocycles. The fourth-order valence-electron chi connectivity index (χ4n) is 4.36. The van der Waals surface area contributed by atoms with Crippen molar-refractivity contribution in [2.45, 2.75) is 45.8 Å². The van der Waals surface area contributed by atoms with Gasteiger partial charge in [0.1, 0.15) is 11.6 Å². The minimum absolute atomic E-state index is 0.0426. The molecule has 0 bridgehead atoms. The van der Waals surface area contributed by atoms with E-state index in [9.17, 15) is 13.6 Å². The summed E-state index contributed by atoms with van der Waals surface area (Å²) in [5.74, 6) is 1.34. The molecule has 1 aliphatic rings. The number of aromatic nitrogens is 4. The highest BCUT2D eigenvalue weighted by atomic mass is 19.3. The first-order valence-corrected chi connectivity index (χ1v) is 12.6. The maximum Gasteiger partial charge on any atom is 0.345 e. The summed E-state index contributed by atoms with van der Waals surface area (Å²) in [6.45, 7) is 0.894. The van der Waals surface area contributed by atoms with Gasteiger partial charge in [-0.15, -0.1) is 0 Å². The molecule has 0 radical (unpaired) electrons. The smallest absolute Gasteiger partial charge is 0.345 e. The summed E-state index contributed by atoms with van der Waals surface area (Å²) in [6.07, 6.45) is 5.25. The summed E-state index contributed by atoms with van der Waals surface area (Å²) in [5, 5.41) is 8.27. The fourth-order valence-corrected chi connectivity index (χ4v) is 4.36. The molecule has 38 heavy (non-hydrogen) atoms. The van der Waals surface area contributed by atoms with Gasteiger partial charge in [0.05, 0.1) is 24.4 Å². The van der Waals surface area contributed by atoms with Gasteiger partial charge in [0.25, 0.3) is 0 Å². The molecule has 0 spiro atoms. The third-order valence-electron chi connectivity index (χ3n) is 6.35. The maximum absolute atomic E-state index is 12.5. The molecular weight excluding hydrogens is 492 g/mol. The second-order valence-corrected chi connectivity index (χ2v) is 9.59. The predicted octanol–water partition coefficient (Wildman–Crippen LogP) is 5.61. The van der Waals surface area contributed by atoms with Crippen molar-refractivity contribution in [1.82, 2.24) is 19.7 Å². The van der Waals surface area contributed by atoms with Gasteiger partial charge in [-0.05, 0) is 56.0 Å². The number of aryl methyl sites for hydroxylation is 1. The minimum atomic E-state index is -2.87. The molecule has 1 amide bonds. The molecule has 4 aromatic rings. The Labute approximate surface area is 219 Å². The van der Waals surface area contributed by atoms with Crippen molar-refractivity contribution in [2.24, 2.45) is 13.0 Å². The number of halogens is 2. The van der Waals surface area contributed by atoms with Crippen molar-refractivity contribution in [3.63, 3.8) is 0 Å². The number of hydrogen-bond donors (Lipinski definition) is 1. The Bertz CT molecular complexity index is 1450. The third kappa shape index (κ3) is 5.65. The molecule has 2 heterocycles. The molecule has 1 saturated carbocycles. The van der Waals surface area contributed by atoms with Crippen molar-refractivity contribution in [3.05, 3.63) is 54.4 Å². The van der Waals surface area contributed by atoms with Gasteiger partial charge in [0, 0.05) is 42.1 Å². The zero-order valence-electron chi connectivity index (χ0n) is 21.4. The largest absolute Gasteiger partial charge is 0.491 e. The normalized spacial score (nSPS) is 13.4. The van der Waals surface area contributed by atoms with Gasteiger partial charge in [-0.25, -0.2) is 9.97 Å². The van der Waals surface area contributed by atoms with Crippen molar-refractivity contribution in [2.75, 3.05) is 11.9 Å². The second kappa shape index (κ2) is 10.8. The topological polar surface area (TPSA) is 91.2 Å². The predicted molar refractivity (Wildman–Crippen MR) is 140 cm³/mol. The Kier molecular flexibility index (Phi) is 7.33. The zero-order valence-corrected chi connectivity index (χ0v) is 21.4. The lowest BCUT2D eigenvalue weighted by Crippen LogP contribution is -2.17. The van der Waals surface area contributed by atoms with E-state index in [1.54, 1.807) is 17.1 Å². The van der Waals surface area contributed by atoms with E-state index in [4.69, 9.17) is 4.74 Å². The first-order valence-electron chi connectivity index (χ1n) is 12.6. The summed E-state index contributed by atoms with van der Waals surface area (Å²) < 4.78 is 36.9. The molecule has 198 valence electrons. The van der Waals surface area contributed by atoms with Crippen molar-refractivity contribution in [3.8, 4) is 28.3 Å². The fraction of sp³-hybridized carbons (Fsp3) is 0.357. The lowest BCUT2D eigenvalue weighted by molar-refractivity contribution is -0.127. The number of carbonyl (C=O) groups is 1. The monoisotopic (exact) mass is 521 g/mol. The van der Waals surface area contributed by atoms with Crippen molar-refractivity contribution in [1.29, 1.82) is 0 Å². The van der Waals surface area contributed by atoms with Gasteiger partial charge in [0.15, 0.2) is 5.82 Å². The van der Waals surface area contributed by atoms with Crippen LogP contribution in [0.25, 0.3) is 33.4 Å². The third-order valence-corrected chi connectivity index (χ3v) is 6.35. The Hall–Kier alpha value is -3.92. The zero-order chi connectivity index (χ0) is 26.8. The summed E-state index contributed by atoms with van der Waals surface area (Å²) in [6, 6.07) is 11.8. The van der Waals surface area contributed by atoms with E-state index in [0.717, 1.165) is 46.2 Å². The SMILES string of the molecule is CC(C)Oc1ccc(-c2ccc(-c3ncc(CCOC(F)F)c(NC(=O)C4CC4)n3)c3c2cnn3C)cc1. The van der Waals surface area contributed by atoms with E-state index < -0.39 is 6.61 Å². The van der Waals surface area contributed by atoms with Crippen LogP contribution < -0.4 is 10.1 Å². The molecule has 0 saturated heterocycles. The van der Waals surface area contributed by atoms with Crippen LogP contribution in [0.3, 0.4) is 0 Å². The number of carbonyl (C=O) groups excluding carboxylic acids is 1. The summed E-state index contributed by atoms with van der Waals surface area (Å²) in [5.41, 5.74) is 4.11. The summed E-state index contributed by atoms with van der Waals surface area (Å²) in [4.78, 5) is 21.7. The number of amides is 1. The number of nitrogens with one attached hydrogen (secondary N) is 1. The molecule has 0 atom stereocenters. The van der Waals surface area contributed by atoms with Crippen LogP contribution in [0.5, 0.6) is 5.75 Å². The van der Waals surface area contributed by atoms with E-state index in [1.807, 2.05) is 57.3 Å². The summed E-state index contributed by atoms with van der Waals surface area (Å²) >= 11 is 0. The van der Waals surface area contributed by atoms with Crippen LogP contribution >= 0.6 is 0 Å². The molecule has 10 heteroatoms. The van der Waals surface area contributed by atoms with E-state index in [-0.39, 0.29) is 31.0 Å². The average molecular weight is 522 g/mol. The number of alkyl halides is 2. The number of nitrogens with zero attached hydrogens (tertiary/aromatic N) is 4. The van der Waals surface area contributed by atoms with Gasteiger partial charge in [-0.3, -0.25) is 9.48 Å². The Morgan fingerprint density at radius 2 is 1.84 bits per heavy atom. The lowest BCUT2D eigenvalue weighted by Gasteiger charge is -2.14. The van der Waals surface area contributed by atoms with E-state index >= 15 is 0 Å². The Balaban J connectivity index is 1.51. The lowest BCUT2D eigenvalue weighted by atomic mass is 9.98. The van der Waals surface area contributed by atoms with Crippen LogP contribution in [0.1, 0.15) is 32.3 Å². The Morgan fingerprint density at radius 1 is 1.11 bits per heavy atom. The van der Waals surface area contributed by atoms with Gasteiger partial charge in [-0.1, -0.05) is 18.2 Å². The molecule has 2 aromatic heterocycles. The highest BCUT2D eigenvalue weighted by molar-refractivity contribution is 6.02. The van der Waals surface area contributed by atoms with Crippen molar-refractivity contribution >= 4 is 22.6 Å². The van der Waals surface area contributed by atoms with Crippen LogP contribution in [-0.2, 0) is 23.0 Å². The molecule has 8 nitrogen and oxygen atoms in total. The Morgan fingerprint density at radius 3 is 2.53 bits per heavy atom. The standard InChI is InChI=1S/C28H29F2N5O3/c1-16(2)38-20-8-6-17(7-9-20)21-10-11-22(24-23(21)15-32-35(24)3)26-31-14-19(12-13-37-28(29)30)25(33-26)34-27(36)18-4-5-18/h6-11,14-16,18,28H,4-5,12-13H2,1-3H3,(H,31,33,34,36). The van der Waals surface area contributed by atoms with Crippen LogP contribution in [0.15, 0.2) is 48.8 Å². The van der Waals surface area contributed by atoms with Gasteiger partial charge in [-0.2, -0.15) is 13.9 Å². The number of anilines is 1. The molecule has 5 rings (SSSR count). The quantitative estimate of drug-likeness (QED) is 0.292. The molecule has 1 aliphatic carbocycles. The second-order valence-electron chi connectivity index (χ2n) is 9.59. The molecule has 1 N–H and O–H groups in total. The van der Waals surface area contributed by atoms with Crippen LogP contribution in [0, 0.1) is 5.92 Å². The number of benzene rings is 2. The van der Waals surface area contributed by atoms with Gasteiger partial charge in [0.2, 0.25) is 5.91 Å². The van der Waals surface area contributed by atoms with Crippen LogP contribution in [0.2, 0.25) is 0 Å². The number of hydrogen-bond acceptors (Lipinski definition) is 6. The maximum atomic E-state index is 12.5. The molecule has 0 unspecified atom stereocenters. The van der Waals surface area contributed by atoms with E-state index in [0.29, 0.717) is 17.2 Å². The van der Waals surface area contributed by atoms with Gasteiger partial charge >= 0.3 is 6.61 Å².